The Kier molecular flexibility index (Phi) is 3.69. The molecule has 2 rings (SSSR count). The van der Waals surface area contributed by atoms with Crippen molar-refractivity contribution in [3.05, 3.63) is 44.9 Å². The van der Waals surface area contributed by atoms with Crippen molar-refractivity contribution in [1.29, 1.82) is 0 Å². The molecular formula is C13H15ClN2S. The first-order valence-corrected chi connectivity index (χ1v) is 6.72. The Balaban J connectivity index is 2.20. The summed E-state index contributed by atoms with van der Waals surface area (Å²) in [6, 6.07) is 8.01. The number of nitrogens with one attached hydrogen (secondary N) is 1. The van der Waals surface area contributed by atoms with E-state index in [0.29, 0.717) is 0 Å². The van der Waals surface area contributed by atoms with Gasteiger partial charge in [-0.1, -0.05) is 23.7 Å². The fraction of sp³-hybridized carbons (Fsp3) is 0.308. The predicted octanol–water partition coefficient (Wildman–Crippen LogP) is 4.59. The molecule has 17 heavy (non-hydrogen) atoms. The normalized spacial score (nSPS) is 12.5. The van der Waals surface area contributed by atoms with Crippen LogP contribution in [-0.4, -0.2) is 4.98 Å². The summed E-state index contributed by atoms with van der Waals surface area (Å²) in [5.41, 5.74) is 2.06. The number of thiazole rings is 1. The summed E-state index contributed by atoms with van der Waals surface area (Å²) in [7, 11) is 0. The molecule has 2 nitrogen and oxygen atoms in total. The predicted molar refractivity (Wildman–Crippen MR) is 75.1 cm³/mol. The molecule has 1 aromatic heterocycles. The number of anilines is 1. The molecule has 4 heteroatoms. The van der Waals surface area contributed by atoms with Crippen LogP contribution in [0, 0.1) is 13.8 Å². The van der Waals surface area contributed by atoms with Gasteiger partial charge >= 0.3 is 0 Å². The van der Waals surface area contributed by atoms with Crippen LogP contribution in [0.1, 0.15) is 28.5 Å². The van der Waals surface area contributed by atoms with Gasteiger partial charge in [0.05, 0.1) is 27.5 Å². The first-order valence-electron chi connectivity index (χ1n) is 5.53. The van der Waals surface area contributed by atoms with E-state index >= 15 is 0 Å². The zero-order chi connectivity index (χ0) is 12.4. The summed E-state index contributed by atoms with van der Waals surface area (Å²) in [5.74, 6) is 0. The Bertz CT molecular complexity index is 522. The van der Waals surface area contributed by atoms with Gasteiger partial charge in [0.1, 0.15) is 0 Å². The number of halogens is 1. The molecule has 90 valence electrons. The van der Waals surface area contributed by atoms with Crippen molar-refractivity contribution < 1.29 is 0 Å². The maximum atomic E-state index is 6.13. The highest BCUT2D eigenvalue weighted by Gasteiger charge is 2.13. The number of hydrogen-bond acceptors (Lipinski definition) is 3. The molecule has 1 heterocycles. The second-order valence-electron chi connectivity index (χ2n) is 4.03. The van der Waals surface area contributed by atoms with Crippen LogP contribution in [0.25, 0.3) is 0 Å². The molecule has 0 spiro atoms. The maximum absolute atomic E-state index is 6.13. The summed E-state index contributed by atoms with van der Waals surface area (Å²) in [4.78, 5) is 5.71. The molecule has 0 aliphatic carbocycles. The summed E-state index contributed by atoms with van der Waals surface area (Å²) >= 11 is 7.86. The van der Waals surface area contributed by atoms with Gasteiger partial charge in [-0.3, -0.25) is 0 Å². The van der Waals surface area contributed by atoms with Crippen molar-refractivity contribution in [2.24, 2.45) is 0 Å². The lowest BCUT2D eigenvalue weighted by Crippen LogP contribution is -2.06. The van der Waals surface area contributed by atoms with Crippen LogP contribution in [0.4, 0.5) is 5.69 Å². The Morgan fingerprint density at radius 1 is 1.29 bits per heavy atom. The minimum Gasteiger partial charge on any atom is -0.376 e. The van der Waals surface area contributed by atoms with E-state index in [1.807, 2.05) is 38.1 Å². The van der Waals surface area contributed by atoms with Gasteiger partial charge in [-0.2, -0.15) is 0 Å². The molecule has 0 aliphatic heterocycles. The van der Waals surface area contributed by atoms with E-state index < -0.39 is 0 Å². The van der Waals surface area contributed by atoms with Crippen LogP contribution >= 0.6 is 22.9 Å². The molecule has 0 saturated heterocycles. The van der Waals surface area contributed by atoms with Gasteiger partial charge in [0.25, 0.3) is 0 Å². The average Bonchev–Trinajstić information content (AvgIpc) is 2.61. The summed E-state index contributed by atoms with van der Waals surface area (Å²) in [6.07, 6.45) is 0. The van der Waals surface area contributed by atoms with Crippen LogP contribution in [0.5, 0.6) is 0 Å². The SMILES string of the molecule is Cc1nc(C)c(C(C)Nc2ccccc2Cl)s1. The van der Waals surface area contributed by atoms with E-state index in [1.54, 1.807) is 11.3 Å². The number of aryl methyl sites for hydroxylation is 2. The summed E-state index contributed by atoms with van der Waals surface area (Å²) in [6.45, 7) is 6.20. The number of benzene rings is 1. The fourth-order valence-electron chi connectivity index (χ4n) is 1.83. The van der Waals surface area contributed by atoms with Crippen molar-refractivity contribution in [3.8, 4) is 0 Å². The van der Waals surface area contributed by atoms with Crippen molar-refractivity contribution in [1.82, 2.24) is 4.98 Å². The number of para-hydroxylation sites is 1. The Labute approximate surface area is 111 Å². The Hall–Kier alpha value is -1.06. The molecule has 2 aromatic rings. The smallest absolute Gasteiger partial charge is 0.0900 e. The highest BCUT2D eigenvalue weighted by Crippen LogP contribution is 2.30. The van der Waals surface area contributed by atoms with E-state index in [0.717, 1.165) is 21.4 Å². The van der Waals surface area contributed by atoms with Gasteiger partial charge in [-0.25, -0.2) is 4.98 Å². The fourth-order valence-corrected chi connectivity index (χ4v) is 2.95. The zero-order valence-corrected chi connectivity index (χ0v) is 11.7. The zero-order valence-electron chi connectivity index (χ0n) is 10.1. The second-order valence-corrected chi connectivity index (χ2v) is 5.67. The molecule has 0 fully saturated rings. The number of nitrogens with zero attached hydrogens (tertiary/aromatic N) is 1. The van der Waals surface area contributed by atoms with E-state index in [-0.39, 0.29) is 6.04 Å². The minimum atomic E-state index is 0.223. The molecular weight excluding hydrogens is 252 g/mol. The number of aromatic nitrogens is 1. The second kappa shape index (κ2) is 5.07. The van der Waals surface area contributed by atoms with Crippen LogP contribution in [0.3, 0.4) is 0 Å². The highest BCUT2D eigenvalue weighted by atomic mass is 35.5. The van der Waals surface area contributed by atoms with Crippen molar-refractivity contribution in [2.45, 2.75) is 26.8 Å². The molecule has 1 N–H and O–H groups in total. The van der Waals surface area contributed by atoms with Crippen molar-refractivity contribution in [2.75, 3.05) is 5.32 Å². The maximum Gasteiger partial charge on any atom is 0.0900 e. The molecule has 0 aliphatic rings. The lowest BCUT2D eigenvalue weighted by molar-refractivity contribution is 0.890. The van der Waals surface area contributed by atoms with Gasteiger partial charge in [0.2, 0.25) is 0 Å². The Morgan fingerprint density at radius 2 is 2.00 bits per heavy atom. The topological polar surface area (TPSA) is 24.9 Å². The van der Waals surface area contributed by atoms with E-state index in [4.69, 9.17) is 11.6 Å². The molecule has 0 radical (unpaired) electrons. The highest BCUT2D eigenvalue weighted by molar-refractivity contribution is 7.11. The summed E-state index contributed by atoms with van der Waals surface area (Å²) < 4.78 is 0. The first-order chi connectivity index (χ1) is 8.08. The van der Waals surface area contributed by atoms with E-state index in [1.165, 1.54) is 4.88 Å². The molecule has 1 unspecified atom stereocenters. The van der Waals surface area contributed by atoms with Crippen LogP contribution in [-0.2, 0) is 0 Å². The van der Waals surface area contributed by atoms with E-state index in [9.17, 15) is 0 Å². The molecule has 1 atom stereocenters. The van der Waals surface area contributed by atoms with Gasteiger partial charge in [0, 0.05) is 4.88 Å². The number of hydrogen-bond donors (Lipinski definition) is 1. The van der Waals surface area contributed by atoms with Gasteiger partial charge in [-0.05, 0) is 32.9 Å². The third-order valence-corrected chi connectivity index (χ3v) is 4.16. The third-order valence-electron chi connectivity index (χ3n) is 2.58. The average molecular weight is 267 g/mol. The number of rotatable bonds is 3. The third kappa shape index (κ3) is 2.79. The monoisotopic (exact) mass is 266 g/mol. The first kappa shape index (κ1) is 12.4. The van der Waals surface area contributed by atoms with Crippen molar-refractivity contribution >= 4 is 28.6 Å². The van der Waals surface area contributed by atoms with Gasteiger partial charge in [-0.15, -0.1) is 11.3 Å². The van der Waals surface area contributed by atoms with Gasteiger partial charge < -0.3 is 5.32 Å². The lowest BCUT2D eigenvalue weighted by atomic mass is 10.2. The largest absolute Gasteiger partial charge is 0.376 e. The molecule has 0 amide bonds. The van der Waals surface area contributed by atoms with Gasteiger partial charge in [0.15, 0.2) is 0 Å². The molecule has 1 aromatic carbocycles. The van der Waals surface area contributed by atoms with Crippen LogP contribution < -0.4 is 5.32 Å². The minimum absolute atomic E-state index is 0.223. The molecule has 0 bridgehead atoms. The molecule has 0 saturated carbocycles. The van der Waals surface area contributed by atoms with Crippen LogP contribution in [0.2, 0.25) is 5.02 Å². The van der Waals surface area contributed by atoms with E-state index in [2.05, 4.69) is 17.2 Å². The standard InChI is InChI=1S/C13H15ClN2S/c1-8-13(17-10(3)15-8)9(2)16-12-7-5-4-6-11(12)14/h4-7,9,16H,1-3H3. The van der Waals surface area contributed by atoms with Crippen LogP contribution in [0.15, 0.2) is 24.3 Å². The quantitative estimate of drug-likeness (QED) is 0.879. The summed E-state index contributed by atoms with van der Waals surface area (Å²) in [5, 5.41) is 5.27. The lowest BCUT2D eigenvalue weighted by Gasteiger charge is -2.15. The Morgan fingerprint density at radius 3 is 2.59 bits per heavy atom. The van der Waals surface area contributed by atoms with Crippen molar-refractivity contribution in [3.63, 3.8) is 0 Å².